The van der Waals surface area contributed by atoms with Crippen LogP contribution in [-0.4, -0.2) is 17.7 Å². The molecule has 2 rings (SSSR count). The van der Waals surface area contributed by atoms with E-state index in [1.807, 2.05) is 30.3 Å². The van der Waals surface area contributed by atoms with E-state index in [9.17, 15) is 4.79 Å². The molecule has 0 heterocycles. The minimum absolute atomic E-state index is 0.101. The van der Waals surface area contributed by atoms with Crippen LogP contribution in [0.5, 0.6) is 0 Å². The third kappa shape index (κ3) is 4.15. The van der Waals surface area contributed by atoms with Crippen LogP contribution in [0.4, 0.5) is 5.69 Å². The van der Waals surface area contributed by atoms with Gasteiger partial charge in [0, 0.05) is 10.6 Å². The fraction of sp³-hybridized carbons (Fsp3) is 0. The van der Waals surface area contributed by atoms with Crippen molar-refractivity contribution >= 4 is 35.0 Å². The molecule has 0 radical (unpaired) electrons. The van der Waals surface area contributed by atoms with Gasteiger partial charge in [0.2, 0.25) is 5.78 Å². The van der Waals surface area contributed by atoms with E-state index in [1.54, 1.807) is 24.3 Å². The average Bonchev–Trinajstić information content (AvgIpc) is 2.52. The standard InChI is InChI=1S/C15H13ClN4O/c16-12-8-6-11(7-9-12)15(21)14(10-18-17)20-19-13-4-2-1-3-5-13/h1-10,19H,17H2. The lowest BCUT2D eigenvalue weighted by Gasteiger charge is -2.03. The first-order valence-corrected chi connectivity index (χ1v) is 6.51. The molecule has 0 saturated carbocycles. The van der Waals surface area contributed by atoms with Crippen molar-refractivity contribution in [2.75, 3.05) is 5.43 Å². The zero-order valence-electron chi connectivity index (χ0n) is 11.0. The number of nitrogens with zero attached hydrogens (tertiary/aromatic N) is 2. The van der Waals surface area contributed by atoms with Crippen molar-refractivity contribution in [2.24, 2.45) is 16.0 Å². The first kappa shape index (κ1) is 14.7. The largest absolute Gasteiger partial charge is 0.323 e. The van der Waals surface area contributed by atoms with Crippen molar-refractivity contribution in [3.05, 3.63) is 65.2 Å². The summed E-state index contributed by atoms with van der Waals surface area (Å²) in [7, 11) is 0. The highest BCUT2D eigenvalue weighted by molar-refractivity contribution is 6.64. The molecule has 0 fully saturated rings. The van der Waals surface area contributed by atoms with Crippen LogP contribution in [0.3, 0.4) is 0 Å². The van der Waals surface area contributed by atoms with Gasteiger partial charge in [-0.1, -0.05) is 29.8 Å². The SMILES string of the molecule is NN=CC(=NNc1ccccc1)C(=O)c1ccc(Cl)cc1. The smallest absolute Gasteiger partial charge is 0.214 e. The quantitative estimate of drug-likeness (QED) is 0.385. The Morgan fingerprint density at radius 3 is 2.38 bits per heavy atom. The Balaban J connectivity index is 2.22. The van der Waals surface area contributed by atoms with E-state index in [-0.39, 0.29) is 11.5 Å². The first-order valence-electron chi connectivity index (χ1n) is 6.13. The van der Waals surface area contributed by atoms with Crippen LogP contribution in [0.15, 0.2) is 64.8 Å². The number of hydrazone groups is 2. The topological polar surface area (TPSA) is 79.8 Å². The number of halogens is 1. The fourth-order valence-electron chi connectivity index (χ4n) is 1.60. The molecule has 2 aromatic rings. The summed E-state index contributed by atoms with van der Waals surface area (Å²) in [6.07, 6.45) is 1.20. The highest BCUT2D eigenvalue weighted by Crippen LogP contribution is 2.11. The number of nitrogens with one attached hydrogen (secondary N) is 1. The lowest BCUT2D eigenvalue weighted by molar-refractivity contribution is 0.106. The summed E-state index contributed by atoms with van der Waals surface area (Å²) in [4.78, 5) is 12.3. The number of hydrogen-bond donors (Lipinski definition) is 2. The molecule has 21 heavy (non-hydrogen) atoms. The first-order chi connectivity index (χ1) is 10.2. The molecular formula is C15H13ClN4O. The predicted molar refractivity (Wildman–Crippen MR) is 86.0 cm³/mol. The maximum Gasteiger partial charge on any atom is 0.214 e. The van der Waals surface area contributed by atoms with Gasteiger partial charge in [-0.05, 0) is 36.4 Å². The normalized spacial score (nSPS) is 11.6. The van der Waals surface area contributed by atoms with Crippen molar-refractivity contribution in [2.45, 2.75) is 0 Å². The van der Waals surface area contributed by atoms with Gasteiger partial charge >= 0.3 is 0 Å². The van der Waals surface area contributed by atoms with E-state index in [2.05, 4.69) is 15.6 Å². The van der Waals surface area contributed by atoms with E-state index < -0.39 is 0 Å². The number of Topliss-reactive ketones (excluding diaryl/α,β-unsaturated/α-hetero) is 1. The number of nitrogens with two attached hydrogens (primary N) is 1. The summed E-state index contributed by atoms with van der Waals surface area (Å²) in [6, 6.07) is 15.8. The van der Waals surface area contributed by atoms with Crippen molar-refractivity contribution in [3.8, 4) is 0 Å². The number of para-hydroxylation sites is 1. The molecule has 6 heteroatoms. The number of carbonyl (C=O) groups is 1. The molecular weight excluding hydrogens is 288 g/mol. The molecule has 0 bridgehead atoms. The Kier molecular flexibility index (Phi) is 5.06. The number of anilines is 1. The lowest BCUT2D eigenvalue weighted by Crippen LogP contribution is -2.18. The van der Waals surface area contributed by atoms with Crippen LogP contribution in [0.25, 0.3) is 0 Å². The second-order valence-electron chi connectivity index (χ2n) is 4.09. The minimum atomic E-state index is -0.302. The van der Waals surface area contributed by atoms with E-state index in [0.717, 1.165) is 5.69 Å². The molecule has 106 valence electrons. The third-order valence-electron chi connectivity index (χ3n) is 2.62. The molecule has 0 aliphatic carbocycles. The second kappa shape index (κ2) is 7.21. The number of ketones is 1. The van der Waals surface area contributed by atoms with Crippen molar-refractivity contribution in [1.82, 2.24) is 0 Å². The molecule has 3 N–H and O–H groups in total. The molecule has 2 aromatic carbocycles. The number of benzene rings is 2. The molecule has 0 atom stereocenters. The minimum Gasteiger partial charge on any atom is -0.323 e. The Labute approximate surface area is 127 Å². The zero-order chi connectivity index (χ0) is 15.1. The van der Waals surface area contributed by atoms with Gasteiger partial charge in [-0.15, -0.1) is 0 Å². The summed E-state index contributed by atoms with van der Waals surface area (Å²) in [5.74, 6) is 4.82. The third-order valence-corrected chi connectivity index (χ3v) is 2.87. The number of carbonyl (C=O) groups excluding carboxylic acids is 1. The van der Waals surface area contributed by atoms with E-state index in [1.165, 1.54) is 6.21 Å². The summed E-state index contributed by atoms with van der Waals surface area (Å²) in [5, 5.41) is 7.96. The Hall–Kier alpha value is -2.66. The predicted octanol–water partition coefficient (Wildman–Crippen LogP) is 2.94. The Morgan fingerprint density at radius 2 is 1.76 bits per heavy atom. The summed E-state index contributed by atoms with van der Waals surface area (Å²) in [5.41, 5.74) is 4.09. The molecule has 0 aliphatic heterocycles. The molecule has 0 aromatic heterocycles. The molecule has 0 spiro atoms. The van der Waals surface area contributed by atoms with Crippen LogP contribution >= 0.6 is 11.6 Å². The summed E-state index contributed by atoms with van der Waals surface area (Å²) < 4.78 is 0. The van der Waals surface area contributed by atoms with Crippen LogP contribution in [0, 0.1) is 0 Å². The second-order valence-corrected chi connectivity index (χ2v) is 4.53. The number of rotatable bonds is 5. The van der Waals surface area contributed by atoms with Gasteiger partial charge in [0.25, 0.3) is 0 Å². The molecule has 0 amide bonds. The van der Waals surface area contributed by atoms with Gasteiger partial charge in [0.1, 0.15) is 0 Å². The van der Waals surface area contributed by atoms with Crippen LogP contribution in [-0.2, 0) is 0 Å². The van der Waals surface area contributed by atoms with E-state index >= 15 is 0 Å². The molecule has 0 aliphatic rings. The fourth-order valence-corrected chi connectivity index (χ4v) is 1.72. The maximum absolute atomic E-state index is 12.3. The summed E-state index contributed by atoms with van der Waals surface area (Å²) in [6.45, 7) is 0. The Morgan fingerprint density at radius 1 is 1.10 bits per heavy atom. The highest BCUT2D eigenvalue weighted by Gasteiger charge is 2.12. The maximum atomic E-state index is 12.3. The molecule has 0 unspecified atom stereocenters. The molecule has 0 saturated heterocycles. The number of hydrogen-bond acceptors (Lipinski definition) is 5. The van der Waals surface area contributed by atoms with Crippen molar-refractivity contribution in [3.63, 3.8) is 0 Å². The summed E-state index contributed by atoms with van der Waals surface area (Å²) >= 11 is 5.80. The van der Waals surface area contributed by atoms with Gasteiger partial charge in [-0.3, -0.25) is 10.2 Å². The monoisotopic (exact) mass is 300 g/mol. The van der Waals surface area contributed by atoms with Gasteiger partial charge in [-0.25, -0.2) is 0 Å². The van der Waals surface area contributed by atoms with Crippen LogP contribution < -0.4 is 11.3 Å². The average molecular weight is 301 g/mol. The van der Waals surface area contributed by atoms with Crippen molar-refractivity contribution < 1.29 is 4.79 Å². The lowest BCUT2D eigenvalue weighted by atomic mass is 10.1. The van der Waals surface area contributed by atoms with Gasteiger partial charge in [-0.2, -0.15) is 10.2 Å². The van der Waals surface area contributed by atoms with Gasteiger partial charge in [0.15, 0.2) is 5.71 Å². The van der Waals surface area contributed by atoms with Crippen LogP contribution in [0.2, 0.25) is 5.02 Å². The van der Waals surface area contributed by atoms with Gasteiger partial charge < -0.3 is 5.84 Å². The molecule has 5 nitrogen and oxygen atoms in total. The zero-order valence-corrected chi connectivity index (χ0v) is 11.8. The Bertz CT molecular complexity index is 666. The van der Waals surface area contributed by atoms with E-state index in [4.69, 9.17) is 17.4 Å². The van der Waals surface area contributed by atoms with Crippen molar-refractivity contribution in [1.29, 1.82) is 0 Å². The van der Waals surface area contributed by atoms with Crippen LogP contribution in [0.1, 0.15) is 10.4 Å². The van der Waals surface area contributed by atoms with Gasteiger partial charge in [0.05, 0.1) is 11.9 Å². The highest BCUT2D eigenvalue weighted by atomic mass is 35.5. The van der Waals surface area contributed by atoms with E-state index in [0.29, 0.717) is 10.6 Å².